The van der Waals surface area contributed by atoms with E-state index in [0.717, 1.165) is 22.2 Å². The number of rotatable bonds is 10. The summed E-state index contributed by atoms with van der Waals surface area (Å²) in [4.78, 5) is 40.4. The zero-order chi connectivity index (χ0) is 30.3. The summed E-state index contributed by atoms with van der Waals surface area (Å²) >= 11 is 1.44. The molecule has 4 aromatic carbocycles. The van der Waals surface area contributed by atoms with Gasteiger partial charge in [-0.15, -0.1) is 0 Å². The van der Waals surface area contributed by atoms with E-state index in [1.807, 2.05) is 42.5 Å². The molecule has 0 spiro atoms. The first-order valence-electron chi connectivity index (χ1n) is 13.0. The molecule has 0 atom stereocenters. The van der Waals surface area contributed by atoms with Crippen LogP contribution in [0.3, 0.4) is 0 Å². The molecule has 2 N–H and O–H groups in total. The highest BCUT2D eigenvalue weighted by molar-refractivity contribution is 7.98. The normalized spacial score (nSPS) is 11.0. The molecule has 5 aromatic rings. The molecule has 216 valence electrons. The summed E-state index contributed by atoms with van der Waals surface area (Å²) in [5.41, 5.74) is 6.76. The topological polar surface area (TPSA) is 149 Å². The first-order valence-corrected chi connectivity index (χ1v) is 13.9. The van der Waals surface area contributed by atoms with Crippen LogP contribution >= 0.6 is 11.8 Å². The summed E-state index contributed by atoms with van der Waals surface area (Å²) in [6, 6.07) is 23.6. The quantitative estimate of drug-likeness (QED) is 0.0820. The van der Waals surface area contributed by atoms with Gasteiger partial charge in [-0.25, -0.2) is 10.4 Å². The molecule has 0 aliphatic rings. The number of aromatic nitrogens is 1. The van der Waals surface area contributed by atoms with E-state index in [1.54, 1.807) is 19.2 Å². The summed E-state index contributed by atoms with van der Waals surface area (Å²) in [5.74, 6) is 0.323. The highest BCUT2D eigenvalue weighted by atomic mass is 32.2. The number of oxazole rings is 1. The molecule has 0 unspecified atom stereocenters. The monoisotopic (exact) mass is 595 g/mol. The van der Waals surface area contributed by atoms with Crippen molar-refractivity contribution in [3.05, 3.63) is 123 Å². The third kappa shape index (κ3) is 6.88. The Morgan fingerprint density at radius 2 is 1.84 bits per heavy atom. The van der Waals surface area contributed by atoms with E-state index in [-0.39, 0.29) is 16.8 Å². The van der Waals surface area contributed by atoms with Gasteiger partial charge in [-0.1, -0.05) is 30.0 Å². The third-order valence-electron chi connectivity index (χ3n) is 6.46. The second kappa shape index (κ2) is 13.0. The van der Waals surface area contributed by atoms with E-state index in [0.29, 0.717) is 28.0 Å². The highest BCUT2D eigenvalue weighted by Gasteiger charge is 2.18. The molecule has 12 heteroatoms. The number of fused-ring (bicyclic) bond motifs is 1. The third-order valence-corrected chi connectivity index (χ3v) is 7.34. The van der Waals surface area contributed by atoms with Crippen LogP contribution in [0.5, 0.6) is 5.75 Å². The molecule has 0 radical (unpaired) electrons. The number of anilines is 1. The molecule has 11 nitrogen and oxygen atoms in total. The number of hydrazone groups is 1. The van der Waals surface area contributed by atoms with Crippen molar-refractivity contribution >= 4 is 52.3 Å². The lowest BCUT2D eigenvalue weighted by Crippen LogP contribution is -2.18. The number of hydrogen-bond donors (Lipinski definition) is 2. The molecule has 5 rings (SSSR count). The largest absolute Gasteiger partial charge is 0.496 e. The minimum Gasteiger partial charge on any atom is -0.496 e. The molecule has 1 heterocycles. The number of para-hydroxylation sites is 2. The van der Waals surface area contributed by atoms with Gasteiger partial charge in [0.05, 0.1) is 18.2 Å². The van der Waals surface area contributed by atoms with E-state index >= 15 is 0 Å². The zero-order valence-corrected chi connectivity index (χ0v) is 23.9. The van der Waals surface area contributed by atoms with Gasteiger partial charge in [-0.2, -0.15) is 5.10 Å². The number of methoxy groups -OCH3 is 1. The standard InChI is InChI=1S/C31H25N5O6S/c1-19-24(6-5-8-26(19)36(39)40)30(38)33-23-13-11-21(12-14-23)29(37)35-32-17-20-10-15-27(41-2)22(16-20)18-43-31-34-25-7-3-4-9-28(25)42-31/h3-17H,18H2,1-2H3,(H,33,38)(H,35,37)/b32-17+. The Morgan fingerprint density at radius 3 is 2.58 bits per heavy atom. The van der Waals surface area contributed by atoms with E-state index < -0.39 is 16.7 Å². The molecule has 0 aliphatic carbocycles. The lowest BCUT2D eigenvalue weighted by atomic mass is 10.1. The lowest BCUT2D eigenvalue weighted by Gasteiger charge is -2.09. The maximum absolute atomic E-state index is 12.7. The maximum Gasteiger partial charge on any atom is 0.273 e. The van der Waals surface area contributed by atoms with Crippen LogP contribution < -0.4 is 15.5 Å². The minimum absolute atomic E-state index is 0.134. The van der Waals surface area contributed by atoms with Gasteiger partial charge < -0.3 is 14.5 Å². The summed E-state index contributed by atoms with van der Waals surface area (Å²) in [6.07, 6.45) is 1.53. The van der Waals surface area contributed by atoms with Crippen molar-refractivity contribution < 1.29 is 23.7 Å². The van der Waals surface area contributed by atoms with Crippen molar-refractivity contribution in [2.24, 2.45) is 5.10 Å². The van der Waals surface area contributed by atoms with Gasteiger partial charge in [0.25, 0.3) is 22.7 Å². The molecule has 0 fully saturated rings. The Labute approximate surface area is 250 Å². The second-order valence-corrected chi connectivity index (χ2v) is 10.2. The average Bonchev–Trinajstić information content (AvgIpc) is 3.43. The summed E-state index contributed by atoms with van der Waals surface area (Å²) in [5, 5.41) is 18.5. The van der Waals surface area contributed by atoms with Crippen LogP contribution in [0.2, 0.25) is 0 Å². The number of benzene rings is 4. The minimum atomic E-state index is -0.531. The number of carbonyl (C=O) groups excluding carboxylic acids is 2. The molecule has 0 aliphatic heterocycles. The van der Waals surface area contributed by atoms with Crippen LogP contribution in [0.15, 0.2) is 99.7 Å². The van der Waals surface area contributed by atoms with Gasteiger partial charge in [0.1, 0.15) is 11.3 Å². The molecular weight excluding hydrogens is 570 g/mol. The van der Waals surface area contributed by atoms with Gasteiger partial charge in [0.15, 0.2) is 5.58 Å². The van der Waals surface area contributed by atoms with Crippen LogP contribution in [0.25, 0.3) is 11.1 Å². The highest BCUT2D eigenvalue weighted by Crippen LogP contribution is 2.30. The second-order valence-electron chi connectivity index (χ2n) is 9.24. The van der Waals surface area contributed by atoms with Crippen molar-refractivity contribution in [2.45, 2.75) is 17.9 Å². The van der Waals surface area contributed by atoms with Gasteiger partial charge in [0.2, 0.25) is 0 Å². The fourth-order valence-corrected chi connectivity index (χ4v) is 5.06. The predicted molar refractivity (Wildman–Crippen MR) is 164 cm³/mol. The lowest BCUT2D eigenvalue weighted by molar-refractivity contribution is -0.385. The number of nitro benzene ring substituents is 1. The Bertz CT molecular complexity index is 1820. The molecule has 0 saturated carbocycles. The van der Waals surface area contributed by atoms with E-state index in [4.69, 9.17) is 9.15 Å². The molecule has 1 aromatic heterocycles. The van der Waals surface area contributed by atoms with Crippen molar-refractivity contribution in [3.63, 3.8) is 0 Å². The zero-order valence-electron chi connectivity index (χ0n) is 23.1. The number of nitrogens with one attached hydrogen (secondary N) is 2. The summed E-state index contributed by atoms with van der Waals surface area (Å²) in [7, 11) is 1.60. The van der Waals surface area contributed by atoms with Crippen LogP contribution in [0.1, 0.15) is 37.4 Å². The number of nitrogens with zero attached hydrogens (tertiary/aromatic N) is 3. The maximum atomic E-state index is 12.7. The first-order chi connectivity index (χ1) is 20.8. The Balaban J connectivity index is 1.18. The van der Waals surface area contributed by atoms with Crippen LogP contribution in [-0.2, 0) is 5.75 Å². The Hall–Kier alpha value is -5.49. The van der Waals surface area contributed by atoms with Gasteiger partial charge >= 0.3 is 0 Å². The predicted octanol–water partition coefficient (Wildman–Crippen LogP) is 6.36. The van der Waals surface area contributed by atoms with E-state index in [1.165, 1.54) is 55.2 Å². The average molecular weight is 596 g/mol. The molecule has 2 amide bonds. The fourth-order valence-electron chi connectivity index (χ4n) is 4.24. The molecule has 43 heavy (non-hydrogen) atoms. The van der Waals surface area contributed by atoms with Crippen LogP contribution in [0.4, 0.5) is 11.4 Å². The number of hydrogen-bond acceptors (Lipinski definition) is 9. The summed E-state index contributed by atoms with van der Waals surface area (Å²) in [6.45, 7) is 1.52. The number of thioether (sulfide) groups is 1. The molecular formula is C31H25N5O6S. The number of nitro groups is 1. The number of ether oxygens (including phenoxy) is 1. The van der Waals surface area contributed by atoms with Crippen molar-refractivity contribution in [1.82, 2.24) is 10.4 Å². The van der Waals surface area contributed by atoms with Crippen molar-refractivity contribution in [2.75, 3.05) is 12.4 Å². The van der Waals surface area contributed by atoms with Gasteiger partial charge in [-0.05, 0) is 73.2 Å². The SMILES string of the molecule is COc1ccc(/C=N/NC(=O)c2ccc(NC(=O)c3cccc([N+](=O)[O-])c3C)cc2)cc1CSc1nc2ccccc2o1. The fraction of sp³-hybridized carbons (Fsp3) is 0.0968. The van der Waals surface area contributed by atoms with E-state index in [9.17, 15) is 19.7 Å². The smallest absolute Gasteiger partial charge is 0.273 e. The number of amides is 2. The van der Waals surface area contributed by atoms with Crippen molar-refractivity contribution in [3.8, 4) is 5.75 Å². The van der Waals surface area contributed by atoms with Crippen LogP contribution in [-0.4, -0.2) is 35.0 Å². The first kappa shape index (κ1) is 29.0. The van der Waals surface area contributed by atoms with Gasteiger partial charge in [-0.3, -0.25) is 19.7 Å². The molecule has 0 saturated heterocycles. The number of carbonyl (C=O) groups is 2. The van der Waals surface area contributed by atoms with Crippen molar-refractivity contribution in [1.29, 1.82) is 0 Å². The van der Waals surface area contributed by atoms with Gasteiger partial charge in [0, 0.05) is 39.8 Å². The molecule has 0 bridgehead atoms. The van der Waals surface area contributed by atoms with Crippen LogP contribution in [0, 0.1) is 17.0 Å². The summed E-state index contributed by atoms with van der Waals surface area (Å²) < 4.78 is 11.3. The van der Waals surface area contributed by atoms with E-state index in [2.05, 4.69) is 20.8 Å². The Morgan fingerprint density at radius 1 is 1.05 bits per heavy atom. The Kier molecular flexibility index (Phi) is 8.77.